The Balaban J connectivity index is 3.35. The number of ether oxygens (including phenoxy) is 2. The van der Waals surface area contributed by atoms with Crippen LogP contribution in [0.4, 0.5) is 0 Å². The zero-order chi connectivity index (χ0) is 21.6. The molecular formula is C25H48O4. The molecular weight excluding hydrogens is 364 g/mol. The zero-order valence-corrected chi connectivity index (χ0v) is 19.6. The molecule has 0 bridgehead atoms. The van der Waals surface area contributed by atoms with E-state index in [-0.39, 0.29) is 18.0 Å². The summed E-state index contributed by atoms with van der Waals surface area (Å²) < 4.78 is 10.6. The van der Waals surface area contributed by atoms with E-state index in [1.54, 1.807) is 0 Å². The van der Waals surface area contributed by atoms with E-state index in [1.165, 1.54) is 57.8 Å². The second-order valence-corrected chi connectivity index (χ2v) is 8.41. The predicted molar refractivity (Wildman–Crippen MR) is 121 cm³/mol. The molecule has 0 rings (SSSR count). The molecule has 0 N–H and O–H groups in total. The molecule has 0 aliphatic carbocycles. The number of esters is 2. The largest absolute Gasteiger partial charge is 0.466 e. The van der Waals surface area contributed by atoms with Crippen molar-refractivity contribution in [3.8, 4) is 0 Å². The van der Waals surface area contributed by atoms with Gasteiger partial charge in [0.1, 0.15) is 0 Å². The van der Waals surface area contributed by atoms with Crippen LogP contribution in [-0.2, 0) is 19.1 Å². The molecule has 1 unspecified atom stereocenters. The van der Waals surface area contributed by atoms with Crippen LogP contribution in [-0.4, -0.2) is 24.6 Å². The van der Waals surface area contributed by atoms with Gasteiger partial charge in [-0.2, -0.15) is 0 Å². The van der Waals surface area contributed by atoms with Crippen LogP contribution in [0.15, 0.2) is 0 Å². The fourth-order valence-corrected chi connectivity index (χ4v) is 3.40. The predicted octanol–water partition coefficient (Wildman–Crippen LogP) is 7.52. The minimum Gasteiger partial charge on any atom is -0.466 e. The molecule has 0 fully saturated rings. The average Bonchev–Trinajstić information content (AvgIpc) is 2.70. The summed E-state index contributed by atoms with van der Waals surface area (Å²) in [4.78, 5) is 23.4. The number of unbranched alkanes of at least 4 members (excludes halogenated alkanes) is 12. The van der Waals surface area contributed by atoms with E-state index in [0.717, 1.165) is 32.1 Å². The van der Waals surface area contributed by atoms with Gasteiger partial charge in [0.05, 0.1) is 12.7 Å². The summed E-state index contributed by atoms with van der Waals surface area (Å²) in [6, 6.07) is 0. The number of rotatable bonds is 21. The Morgan fingerprint density at radius 1 is 0.621 bits per heavy atom. The van der Waals surface area contributed by atoms with Gasteiger partial charge in [-0.1, -0.05) is 90.9 Å². The fraction of sp³-hybridized carbons (Fsp3) is 0.920. The van der Waals surface area contributed by atoms with Gasteiger partial charge in [-0.25, -0.2) is 0 Å². The van der Waals surface area contributed by atoms with Crippen molar-refractivity contribution in [3.05, 3.63) is 0 Å². The molecule has 0 amide bonds. The Kier molecular flexibility index (Phi) is 20.9. The molecule has 1 atom stereocenters. The Morgan fingerprint density at radius 3 is 1.66 bits per heavy atom. The minimum absolute atomic E-state index is 0.00166. The molecule has 4 nitrogen and oxygen atoms in total. The van der Waals surface area contributed by atoms with E-state index in [4.69, 9.17) is 9.47 Å². The van der Waals surface area contributed by atoms with Gasteiger partial charge in [-0.3, -0.25) is 9.59 Å². The van der Waals surface area contributed by atoms with E-state index in [1.807, 2.05) is 6.92 Å². The van der Waals surface area contributed by atoms with Crippen LogP contribution in [0.5, 0.6) is 0 Å². The summed E-state index contributed by atoms with van der Waals surface area (Å²) >= 11 is 0. The van der Waals surface area contributed by atoms with Crippen LogP contribution in [0.2, 0.25) is 0 Å². The van der Waals surface area contributed by atoms with Crippen molar-refractivity contribution < 1.29 is 19.1 Å². The van der Waals surface area contributed by atoms with Crippen LogP contribution in [0.1, 0.15) is 136 Å². The lowest BCUT2D eigenvalue weighted by atomic mass is 10.1. The van der Waals surface area contributed by atoms with Crippen molar-refractivity contribution in [2.75, 3.05) is 6.61 Å². The first-order chi connectivity index (χ1) is 14.1. The summed E-state index contributed by atoms with van der Waals surface area (Å²) in [5.74, 6) is -0.287. The average molecular weight is 413 g/mol. The highest BCUT2D eigenvalue weighted by molar-refractivity contribution is 5.70. The number of hydrogen-bond acceptors (Lipinski definition) is 4. The van der Waals surface area contributed by atoms with Crippen LogP contribution >= 0.6 is 0 Å². The molecule has 0 aromatic heterocycles. The van der Waals surface area contributed by atoms with Gasteiger partial charge >= 0.3 is 11.9 Å². The highest BCUT2D eigenvalue weighted by Crippen LogP contribution is 2.12. The summed E-state index contributed by atoms with van der Waals surface area (Å²) in [5, 5.41) is 0. The first-order valence-corrected chi connectivity index (χ1v) is 12.4. The van der Waals surface area contributed by atoms with Gasteiger partial charge in [0, 0.05) is 12.8 Å². The quantitative estimate of drug-likeness (QED) is 0.144. The molecule has 172 valence electrons. The van der Waals surface area contributed by atoms with Crippen molar-refractivity contribution in [1.82, 2.24) is 0 Å². The smallest absolute Gasteiger partial charge is 0.306 e. The second kappa shape index (κ2) is 21.6. The standard InChI is InChI=1S/C25H48O4/c1-4-6-8-9-10-11-12-13-14-15-18-22-28-24(26)20-16-17-21-25(27)29-23(3)19-7-5-2/h23H,4-22H2,1-3H3. The molecule has 0 radical (unpaired) electrons. The van der Waals surface area contributed by atoms with Crippen LogP contribution in [0, 0.1) is 0 Å². The lowest BCUT2D eigenvalue weighted by molar-refractivity contribution is -0.149. The van der Waals surface area contributed by atoms with Crippen molar-refractivity contribution in [1.29, 1.82) is 0 Å². The van der Waals surface area contributed by atoms with Crippen LogP contribution in [0.25, 0.3) is 0 Å². The molecule has 0 saturated heterocycles. The van der Waals surface area contributed by atoms with Gasteiger partial charge in [0.2, 0.25) is 0 Å². The molecule has 0 aliphatic rings. The SMILES string of the molecule is CCCCCCCCCCCCCOC(=O)CCCCC(=O)OC(C)CCCC. The summed E-state index contributed by atoms with van der Waals surface area (Å²) in [6.45, 7) is 6.86. The van der Waals surface area contributed by atoms with Gasteiger partial charge in [0.25, 0.3) is 0 Å². The lowest BCUT2D eigenvalue weighted by Crippen LogP contribution is -2.14. The third-order valence-electron chi connectivity index (χ3n) is 5.32. The molecule has 0 aromatic rings. The van der Waals surface area contributed by atoms with E-state index in [0.29, 0.717) is 32.3 Å². The lowest BCUT2D eigenvalue weighted by Gasteiger charge is -2.12. The zero-order valence-electron chi connectivity index (χ0n) is 19.6. The fourth-order valence-electron chi connectivity index (χ4n) is 3.40. The molecule has 0 aliphatic heterocycles. The van der Waals surface area contributed by atoms with Gasteiger partial charge in [0.15, 0.2) is 0 Å². The molecule has 29 heavy (non-hydrogen) atoms. The normalized spacial score (nSPS) is 12.0. The maximum atomic E-state index is 11.7. The van der Waals surface area contributed by atoms with Crippen LogP contribution in [0.3, 0.4) is 0 Å². The molecule has 0 aromatic carbocycles. The van der Waals surface area contributed by atoms with Crippen molar-refractivity contribution in [2.24, 2.45) is 0 Å². The second-order valence-electron chi connectivity index (χ2n) is 8.41. The summed E-state index contributed by atoms with van der Waals surface area (Å²) in [7, 11) is 0. The van der Waals surface area contributed by atoms with E-state index in [2.05, 4.69) is 13.8 Å². The highest BCUT2D eigenvalue weighted by Gasteiger charge is 2.10. The number of carbonyl (C=O) groups is 2. The number of carbonyl (C=O) groups excluding carboxylic acids is 2. The molecule has 4 heteroatoms. The van der Waals surface area contributed by atoms with Crippen molar-refractivity contribution in [3.63, 3.8) is 0 Å². The molecule has 0 spiro atoms. The highest BCUT2D eigenvalue weighted by atomic mass is 16.5. The maximum Gasteiger partial charge on any atom is 0.306 e. The van der Waals surface area contributed by atoms with Gasteiger partial charge in [-0.15, -0.1) is 0 Å². The summed E-state index contributed by atoms with van der Waals surface area (Å²) in [5.41, 5.74) is 0. The van der Waals surface area contributed by atoms with E-state index >= 15 is 0 Å². The summed E-state index contributed by atoms with van der Waals surface area (Å²) in [6.07, 6.45) is 19.5. The molecule has 0 saturated carbocycles. The Labute approximate surface area is 180 Å². The first kappa shape index (κ1) is 27.9. The van der Waals surface area contributed by atoms with Crippen molar-refractivity contribution in [2.45, 2.75) is 142 Å². The third-order valence-corrected chi connectivity index (χ3v) is 5.32. The molecule has 0 heterocycles. The van der Waals surface area contributed by atoms with Gasteiger partial charge < -0.3 is 9.47 Å². The Bertz CT molecular complexity index is 381. The Morgan fingerprint density at radius 2 is 1.10 bits per heavy atom. The van der Waals surface area contributed by atoms with Crippen LogP contribution < -0.4 is 0 Å². The minimum atomic E-state index is -0.150. The first-order valence-electron chi connectivity index (χ1n) is 12.4. The van der Waals surface area contributed by atoms with E-state index < -0.39 is 0 Å². The maximum absolute atomic E-state index is 11.7. The third kappa shape index (κ3) is 21.5. The van der Waals surface area contributed by atoms with Crippen molar-refractivity contribution >= 4 is 11.9 Å². The van der Waals surface area contributed by atoms with Gasteiger partial charge in [-0.05, 0) is 32.6 Å². The number of hydrogen-bond donors (Lipinski definition) is 0. The topological polar surface area (TPSA) is 52.6 Å². The monoisotopic (exact) mass is 412 g/mol. The Hall–Kier alpha value is -1.06. The van der Waals surface area contributed by atoms with E-state index in [9.17, 15) is 9.59 Å².